The van der Waals surface area contributed by atoms with E-state index in [1.165, 1.54) is 22.3 Å². The zero-order valence-corrected chi connectivity index (χ0v) is 16.1. The number of nitrogens with one attached hydrogen (secondary N) is 1. The third-order valence-corrected chi connectivity index (χ3v) is 5.41. The lowest BCUT2D eigenvalue weighted by atomic mass is 9.81. The summed E-state index contributed by atoms with van der Waals surface area (Å²) in [5.41, 5.74) is 6.98. The van der Waals surface area contributed by atoms with E-state index in [1.54, 1.807) is 13.4 Å². The van der Waals surface area contributed by atoms with Crippen LogP contribution in [-0.4, -0.2) is 12.6 Å². The van der Waals surface area contributed by atoms with Crippen LogP contribution in [0.15, 0.2) is 48.4 Å². The second-order valence-electron chi connectivity index (χ2n) is 7.97. The van der Waals surface area contributed by atoms with Crippen LogP contribution in [0, 0.1) is 0 Å². The van der Waals surface area contributed by atoms with Gasteiger partial charge in [0, 0.05) is 16.8 Å². The summed E-state index contributed by atoms with van der Waals surface area (Å²) in [5.74, 6) is 2.68. The predicted octanol–water partition coefficient (Wildman–Crippen LogP) is 5.66. The maximum atomic E-state index is 6.46. The third-order valence-electron chi connectivity index (χ3n) is 5.41. The number of allylic oxidation sites excluding steroid dienone is 1. The zero-order chi connectivity index (χ0) is 18.8. The van der Waals surface area contributed by atoms with Gasteiger partial charge < -0.3 is 19.5 Å². The zero-order valence-electron chi connectivity index (χ0n) is 16.1. The first kappa shape index (κ1) is 16.3. The average Bonchev–Trinajstić information content (AvgIpc) is 3.43. The summed E-state index contributed by atoms with van der Waals surface area (Å²) in [4.78, 5) is 0. The Labute approximate surface area is 159 Å². The minimum Gasteiger partial charge on any atom is -0.496 e. The molecular weight excluding hydrogens is 338 g/mol. The molecule has 0 bridgehead atoms. The number of rotatable bonds is 3. The van der Waals surface area contributed by atoms with Crippen molar-refractivity contribution < 1.29 is 14.2 Å². The minimum atomic E-state index is -0.0883. The molecule has 0 aliphatic carbocycles. The number of hydrogen-bond acceptors (Lipinski definition) is 4. The van der Waals surface area contributed by atoms with E-state index in [-0.39, 0.29) is 11.6 Å². The van der Waals surface area contributed by atoms with Gasteiger partial charge >= 0.3 is 0 Å². The van der Waals surface area contributed by atoms with Gasteiger partial charge in [-0.1, -0.05) is 18.2 Å². The van der Waals surface area contributed by atoms with Crippen molar-refractivity contribution in [2.75, 3.05) is 12.4 Å². The molecule has 1 N–H and O–H groups in total. The Morgan fingerprint density at radius 3 is 2.70 bits per heavy atom. The lowest BCUT2D eigenvalue weighted by Gasteiger charge is -2.37. The molecule has 0 aromatic heterocycles. The van der Waals surface area contributed by atoms with E-state index in [9.17, 15) is 0 Å². The van der Waals surface area contributed by atoms with Crippen molar-refractivity contribution in [1.82, 2.24) is 0 Å². The SMILES string of the molecule is COc1cccc2c1-c1ccc3c(c1C(CC1=CO1)O2)C(C)=CC(C)(C)N3. The van der Waals surface area contributed by atoms with E-state index in [0.29, 0.717) is 0 Å². The van der Waals surface area contributed by atoms with Crippen LogP contribution in [0.4, 0.5) is 5.69 Å². The first-order chi connectivity index (χ1) is 13.0. The van der Waals surface area contributed by atoms with Gasteiger partial charge in [-0.05, 0) is 50.1 Å². The van der Waals surface area contributed by atoms with E-state index >= 15 is 0 Å². The third kappa shape index (κ3) is 2.59. The number of fused-ring (bicyclic) bond motifs is 5. The summed E-state index contributed by atoms with van der Waals surface area (Å²) in [6.45, 7) is 6.56. The summed E-state index contributed by atoms with van der Waals surface area (Å²) in [7, 11) is 1.71. The number of methoxy groups -OCH3 is 1. The monoisotopic (exact) mass is 361 g/mol. The fourth-order valence-corrected chi connectivity index (χ4v) is 4.42. The first-order valence-corrected chi connectivity index (χ1v) is 9.31. The molecule has 2 aromatic rings. The van der Waals surface area contributed by atoms with E-state index in [1.807, 2.05) is 18.2 Å². The Morgan fingerprint density at radius 2 is 1.96 bits per heavy atom. The topological polar surface area (TPSA) is 43.0 Å². The minimum absolute atomic E-state index is 0.0753. The Morgan fingerprint density at radius 1 is 1.15 bits per heavy atom. The van der Waals surface area contributed by atoms with Crippen molar-refractivity contribution in [2.24, 2.45) is 0 Å². The second kappa shape index (κ2) is 5.56. The molecule has 0 radical (unpaired) electrons. The maximum absolute atomic E-state index is 6.46. The molecule has 4 heteroatoms. The quantitative estimate of drug-likeness (QED) is 0.765. The Bertz CT molecular complexity index is 1020. The Balaban J connectivity index is 1.77. The average molecular weight is 361 g/mol. The van der Waals surface area contributed by atoms with Crippen molar-refractivity contribution in [3.63, 3.8) is 0 Å². The fourth-order valence-electron chi connectivity index (χ4n) is 4.42. The predicted molar refractivity (Wildman–Crippen MR) is 107 cm³/mol. The molecule has 27 heavy (non-hydrogen) atoms. The fraction of sp³-hybridized carbons (Fsp3) is 0.304. The molecule has 0 saturated heterocycles. The van der Waals surface area contributed by atoms with Crippen LogP contribution >= 0.6 is 0 Å². The van der Waals surface area contributed by atoms with Crippen LogP contribution in [0.5, 0.6) is 11.5 Å². The Kier molecular flexibility index (Phi) is 3.36. The van der Waals surface area contributed by atoms with Crippen molar-refractivity contribution >= 4 is 11.3 Å². The van der Waals surface area contributed by atoms with Crippen molar-refractivity contribution in [3.05, 3.63) is 59.6 Å². The molecule has 3 aliphatic heterocycles. The summed E-state index contributed by atoms with van der Waals surface area (Å²) in [6.07, 6.45) is 4.73. The Hall–Kier alpha value is -2.88. The molecule has 0 spiro atoms. The molecule has 2 aromatic carbocycles. The van der Waals surface area contributed by atoms with Crippen molar-refractivity contribution in [3.8, 4) is 22.6 Å². The van der Waals surface area contributed by atoms with E-state index < -0.39 is 0 Å². The number of hydrogen-bond donors (Lipinski definition) is 1. The highest BCUT2D eigenvalue weighted by atomic mass is 16.5. The molecule has 0 fully saturated rings. The van der Waals surface area contributed by atoms with Crippen LogP contribution in [-0.2, 0) is 4.74 Å². The number of ether oxygens (including phenoxy) is 3. The molecule has 3 heterocycles. The van der Waals surface area contributed by atoms with Gasteiger partial charge in [0.05, 0.1) is 24.6 Å². The molecule has 5 rings (SSSR count). The molecule has 3 aliphatic rings. The maximum Gasteiger partial charge on any atom is 0.142 e. The van der Waals surface area contributed by atoms with Gasteiger partial charge in [0.1, 0.15) is 29.6 Å². The van der Waals surface area contributed by atoms with Gasteiger partial charge in [-0.3, -0.25) is 0 Å². The van der Waals surface area contributed by atoms with Crippen molar-refractivity contribution in [2.45, 2.75) is 38.8 Å². The van der Waals surface area contributed by atoms with Gasteiger partial charge in [-0.2, -0.15) is 0 Å². The highest BCUT2D eigenvalue weighted by molar-refractivity contribution is 5.91. The molecule has 0 amide bonds. The smallest absolute Gasteiger partial charge is 0.142 e. The summed E-state index contributed by atoms with van der Waals surface area (Å²) in [6, 6.07) is 10.3. The standard InChI is InChI=1S/C23H23NO3/c1-13-11-23(2,3)24-16-9-8-15-21-17(25-4)6-5-7-18(21)27-19(10-14-12-26-14)22(15)20(13)16/h5-9,11-12,19,24H,10H2,1-4H3. The molecule has 4 nitrogen and oxygen atoms in total. The largest absolute Gasteiger partial charge is 0.496 e. The van der Waals surface area contributed by atoms with Gasteiger partial charge in [-0.25, -0.2) is 0 Å². The number of anilines is 1. The molecule has 138 valence electrons. The normalized spacial score (nSPS) is 20.5. The van der Waals surface area contributed by atoms with Crippen molar-refractivity contribution in [1.29, 1.82) is 0 Å². The summed E-state index contributed by atoms with van der Waals surface area (Å²) < 4.78 is 17.4. The first-order valence-electron chi connectivity index (χ1n) is 9.31. The van der Waals surface area contributed by atoms with E-state index in [0.717, 1.165) is 34.9 Å². The van der Waals surface area contributed by atoms with Crippen LogP contribution in [0.3, 0.4) is 0 Å². The summed E-state index contributed by atoms with van der Waals surface area (Å²) >= 11 is 0. The second-order valence-corrected chi connectivity index (χ2v) is 7.97. The van der Waals surface area contributed by atoms with Gasteiger partial charge in [0.15, 0.2) is 0 Å². The van der Waals surface area contributed by atoms with Gasteiger partial charge in [-0.15, -0.1) is 0 Å². The molecule has 0 saturated carbocycles. The van der Waals surface area contributed by atoms with E-state index in [4.69, 9.17) is 14.2 Å². The number of benzene rings is 2. The lowest BCUT2D eigenvalue weighted by Crippen LogP contribution is -2.32. The molecule has 1 unspecified atom stereocenters. The lowest BCUT2D eigenvalue weighted by molar-refractivity contribution is 0.194. The van der Waals surface area contributed by atoms with Gasteiger partial charge in [0.2, 0.25) is 0 Å². The molecular formula is C23H23NO3. The van der Waals surface area contributed by atoms with E-state index in [2.05, 4.69) is 44.3 Å². The highest BCUT2D eigenvalue weighted by Crippen LogP contribution is 2.53. The van der Waals surface area contributed by atoms with Crippen LogP contribution < -0.4 is 14.8 Å². The van der Waals surface area contributed by atoms with Crippen LogP contribution in [0.1, 0.15) is 44.4 Å². The van der Waals surface area contributed by atoms with Gasteiger partial charge in [0.25, 0.3) is 0 Å². The molecule has 1 atom stereocenters. The highest BCUT2D eigenvalue weighted by Gasteiger charge is 2.36. The summed E-state index contributed by atoms with van der Waals surface area (Å²) in [5, 5.41) is 3.65. The van der Waals surface area contributed by atoms with Crippen LogP contribution in [0.25, 0.3) is 16.7 Å². The van der Waals surface area contributed by atoms with Crippen LogP contribution in [0.2, 0.25) is 0 Å².